The highest BCUT2D eigenvalue weighted by Gasteiger charge is 2.22. The molecule has 0 saturated heterocycles. The van der Waals surface area contributed by atoms with Crippen molar-refractivity contribution in [3.8, 4) is 17.2 Å². The number of carbonyl (C=O) groups is 2. The second kappa shape index (κ2) is 11.4. The van der Waals surface area contributed by atoms with Crippen molar-refractivity contribution in [2.45, 2.75) is 19.6 Å². The Morgan fingerprint density at radius 2 is 1.82 bits per heavy atom. The number of nitrogens with zero attached hydrogens (tertiary/aromatic N) is 1. The lowest BCUT2D eigenvalue weighted by molar-refractivity contribution is -0.384. The van der Waals surface area contributed by atoms with Gasteiger partial charge in [-0.05, 0) is 42.8 Å². The molecule has 33 heavy (non-hydrogen) atoms. The number of nitro groups is 1. The Labute approximate surface area is 186 Å². The van der Waals surface area contributed by atoms with Crippen LogP contribution in [0.3, 0.4) is 0 Å². The zero-order valence-corrected chi connectivity index (χ0v) is 17.7. The molecule has 0 bridgehead atoms. The molecule has 2 aromatic carbocycles. The maximum Gasteiger partial charge on any atom is 0.387 e. The molecule has 0 aliphatic rings. The van der Waals surface area contributed by atoms with E-state index in [9.17, 15) is 28.5 Å². The van der Waals surface area contributed by atoms with E-state index < -0.39 is 35.2 Å². The molecule has 0 heterocycles. The Kier molecular flexibility index (Phi) is 8.66. The van der Waals surface area contributed by atoms with Gasteiger partial charge in [0.15, 0.2) is 17.6 Å². The summed E-state index contributed by atoms with van der Waals surface area (Å²) in [6.07, 6.45) is 1.05. The van der Waals surface area contributed by atoms with Crippen molar-refractivity contribution >= 4 is 29.3 Å². The third-order valence-corrected chi connectivity index (χ3v) is 4.14. The van der Waals surface area contributed by atoms with Crippen LogP contribution < -0.4 is 19.5 Å². The van der Waals surface area contributed by atoms with Crippen molar-refractivity contribution in [1.82, 2.24) is 0 Å². The van der Waals surface area contributed by atoms with Crippen LogP contribution in [0.25, 0.3) is 6.08 Å². The maximum atomic E-state index is 12.4. The number of anilines is 1. The first-order valence-electron chi connectivity index (χ1n) is 9.29. The predicted octanol–water partition coefficient (Wildman–Crippen LogP) is 3.80. The second-order valence-corrected chi connectivity index (χ2v) is 6.33. The first kappa shape index (κ1) is 25.0. The Hall–Kier alpha value is -4.22. The van der Waals surface area contributed by atoms with E-state index in [0.717, 1.165) is 12.1 Å². The number of methoxy groups -OCH3 is 2. The maximum absolute atomic E-state index is 12.4. The molecule has 2 aromatic rings. The fourth-order valence-corrected chi connectivity index (χ4v) is 2.54. The molecule has 0 aliphatic carbocycles. The number of alkyl halides is 2. The molecule has 12 heteroatoms. The van der Waals surface area contributed by atoms with Crippen LogP contribution in [0.15, 0.2) is 42.5 Å². The smallest absolute Gasteiger partial charge is 0.387 e. The number of hydrogen-bond donors (Lipinski definition) is 1. The number of hydrogen-bond acceptors (Lipinski definition) is 8. The summed E-state index contributed by atoms with van der Waals surface area (Å²) in [7, 11) is 2.61. The van der Waals surface area contributed by atoms with E-state index in [0.29, 0.717) is 5.56 Å². The van der Waals surface area contributed by atoms with Crippen LogP contribution in [0.2, 0.25) is 0 Å². The molecule has 0 saturated carbocycles. The van der Waals surface area contributed by atoms with Gasteiger partial charge in [0.25, 0.3) is 11.6 Å². The summed E-state index contributed by atoms with van der Waals surface area (Å²) < 4.78 is 44.0. The number of halogens is 2. The van der Waals surface area contributed by atoms with E-state index in [1.807, 2.05) is 0 Å². The quantitative estimate of drug-likeness (QED) is 0.243. The summed E-state index contributed by atoms with van der Waals surface area (Å²) in [5, 5.41) is 13.5. The highest BCUT2D eigenvalue weighted by molar-refractivity contribution is 5.98. The van der Waals surface area contributed by atoms with Gasteiger partial charge in [0.1, 0.15) is 11.4 Å². The van der Waals surface area contributed by atoms with E-state index in [4.69, 9.17) is 14.2 Å². The number of nitro benzene ring substituents is 1. The summed E-state index contributed by atoms with van der Waals surface area (Å²) in [4.78, 5) is 34.9. The van der Waals surface area contributed by atoms with Crippen LogP contribution in [0.4, 0.5) is 20.2 Å². The highest BCUT2D eigenvalue weighted by Crippen LogP contribution is 2.30. The number of esters is 1. The van der Waals surface area contributed by atoms with Crippen LogP contribution in [-0.4, -0.2) is 43.7 Å². The van der Waals surface area contributed by atoms with Gasteiger partial charge in [-0.2, -0.15) is 8.78 Å². The molecule has 1 N–H and O–H groups in total. The third kappa shape index (κ3) is 7.16. The van der Waals surface area contributed by atoms with Gasteiger partial charge in [-0.1, -0.05) is 6.07 Å². The van der Waals surface area contributed by atoms with Gasteiger partial charge >= 0.3 is 12.6 Å². The lowest BCUT2D eigenvalue weighted by Gasteiger charge is -2.13. The first-order valence-corrected chi connectivity index (χ1v) is 9.29. The van der Waals surface area contributed by atoms with Crippen molar-refractivity contribution in [1.29, 1.82) is 0 Å². The van der Waals surface area contributed by atoms with Crippen LogP contribution in [0.1, 0.15) is 12.5 Å². The van der Waals surface area contributed by atoms with E-state index in [2.05, 4.69) is 10.1 Å². The molecule has 0 aromatic heterocycles. The zero-order valence-electron chi connectivity index (χ0n) is 17.7. The SMILES string of the molecule is COc1ccc(NC(=O)C(C)OC(=O)/C=C/c2ccc(OC(F)F)c(OC)c2)c([N+](=O)[O-])c1. The molecule has 0 aliphatic heterocycles. The largest absolute Gasteiger partial charge is 0.496 e. The topological polar surface area (TPSA) is 126 Å². The Balaban J connectivity index is 2.02. The molecule has 2 rings (SSSR count). The van der Waals surface area contributed by atoms with Gasteiger partial charge < -0.3 is 24.3 Å². The molecule has 0 fully saturated rings. The molecular weight excluding hydrogens is 446 g/mol. The number of ether oxygens (including phenoxy) is 4. The minimum atomic E-state index is -3.03. The van der Waals surface area contributed by atoms with E-state index in [-0.39, 0.29) is 22.9 Å². The standard InChI is InChI=1S/C21H20F2N2O8/c1-12(20(27)24-15-7-6-14(30-2)11-16(15)25(28)29)32-19(26)9-5-13-4-8-17(33-21(22)23)18(10-13)31-3/h4-12,21H,1-3H3,(H,24,27)/b9-5+. The van der Waals surface area contributed by atoms with E-state index >= 15 is 0 Å². The van der Waals surface area contributed by atoms with Crippen LogP contribution >= 0.6 is 0 Å². The number of rotatable bonds is 10. The van der Waals surface area contributed by atoms with Crippen molar-refractivity contribution < 1.29 is 42.2 Å². The summed E-state index contributed by atoms with van der Waals surface area (Å²) in [6.45, 7) is -1.74. The van der Waals surface area contributed by atoms with Crippen molar-refractivity contribution in [2.24, 2.45) is 0 Å². The van der Waals surface area contributed by atoms with Gasteiger partial charge in [-0.3, -0.25) is 14.9 Å². The monoisotopic (exact) mass is 466 g/mol. The summed E-state index contributed by atoms with van der Waals surface area (Å²) in [5.41, 5.74) is -0.0758. The number of nitrogens with one attached hydrogen (secondary N) is 1. The fraction of sp³-hybridized carbons (Fsp3) is 0.238. The summed E-state index contributed by atoms with van der Waals surface area (Å²) in [6, 6.07) is 7.87. The average molecular weight is 466 g/mol. The lowest BCUT2D eigenvalue weighted by atomic mass is 10.2. The van der Waals surface area contributed by atoms with E-state index in [1.54, 1.807) is 0 Å². The Bertz CT molecular complexity index is 1060. The van der Waals surface area contributed by atoms with Gasteiger partial charge in [-0.25, -0.2) is 4.79 Å². The van der Waals surface area contributed by atoms with Crippen LogP contribution in [0, 0.1) is 10.1 Å². The minimum Gasteiger partial charge on any atom is -0.496 e. The molecule has 176 valence electrons. The minimum absolute atomic E-state index is 0.0275. The average Bonchev–Trinajstić information content (AvgIpc) is 2.77. The number of carbonyl (C=O) groups excluding carboxylic acids is 2. The molecule has 0 radical (unpaired) electrons. The molecule has 0 spiro atoms. The summed E-state index contributed by atoms with van der Waals surface area (Å²) in [5.74, 6) is -1.59. The van der Waals surface area contributed by atoms with Gasteiger partial charge in [0, 0.05) is 6.08 Å². The van der Waals surface area contributed by atoms with Crippen molar-refractivity contribution in [3.05, 3.63) is 58.2 Å². The second-order valence-electron chi connectivity index (χ2n) is 6.33. The zero-order chi connectivity index (χ0) is 24.5. The van der Waals surface area contributed by atoms with Crippen molar-refractivity contribution in [3.63, 3.8) is 0 Å². The van der Waals surface area contributed by atoms with Crippen LogP contribution in [0.5, 0.6) is 17.2 Å². The van der Waals surface area contributed by atoms with Gasteiger partial charge in [0.2, 0.25) is 0 Å². The Morgan fingerprint density at radius 1 is 1.09 bits per heavy atom. The molecular formula is C21H20F2N2O8. The van der Waals surface area contributed by atoms with Gasteiger partial charge in [0.05, 0.1) is 25.2 Å². The number of benzene rings is 2. The highest BCUT2D eigenvalue weighted by atomic mass is 19.3. The molecule has 1 amide bonds. The first-order chi connectivity index (χ1) is 15.6. The summed E-state index contributed by atoms with van der Waals surface area (Å²) >= 11 is 0. The Morgan fingerprint density at radius 3 is 2.42 bits per heavy atom. The normalized spacial score (nSPS) is 11.7. The molecule has 10 nitrogen and oxygen atoms in total. The predicted molar refractivity (Wildman–Crippen MR) is 112 cm³/mol. The number of amides is 1. The van der Waals surface area contributed by atoms with E-state index in [1.165, 1.54) is 57.6 Å². The third-order valence-electron chi connectivity index (χ3n) is 4.14. The lowest BCUT2D eigenvalue weighted by Crippen LogP contribution is -2.29. The van der Waals surface area contributed by atoms with Gasteiger partial charge in [-0.15, -0.1) is 0 Å². The van der Waals surface area contributed by atoms with Crippen LogP contribution in [-0.2, 0) is 14.3 Å². The molecule has 1 unspecified atom stereocenters. The van der Waals surface area contributed by atoms with Crippen molar-refractivity contribution in [2.75, 3.05) is 19.5 Å². The fourth-order valence-electron chi connectivity index (χ4n) is 2.54. The molecule has 1 atom stereocenters.